The maximum absolute atomic E-state index is 14.0. The van der Waals surface area contributed by atoms with Gasteiger partial charge in [-0.3, -0.25) is 23.7 Å². The van der Waals surface area contributed by atoms with Crippen LogP contribution in [0.15, 0.2) is 59.0 Å². The molecule has 14 nitrogen and oxygen atoms in total. The van der Waals surface area contributed by atoms with Gasteiger partial charge in [-0.1, -0.05) is 69.6 Å². The van der Waals surface area contributed by atoms with Crippen molar-refractivity contribution in [3.8, 4) is 11.5 Å². The summed E-state index contributed by atoms with van der Waals surface area (Å²) in [5, 5.41) is 26.0. The molecule has 10 N–H and O–H groups in total. The van der Waals surface area contributed by atoms with Crippen LogP contribution in [0.3, 0.4) is 0 Å². The smallest absolute Gasteiger partial charge is 0.325 e. The number of esters is 2. The lowest BCUT2D eigenvalue weighted by Gasteiger charge is -2.18. The van der Waals surface area contributed by atoms with Crippen molar-refractivity contribution in [3.63, 3.8) is 0 Å². The van der Waals surface area contributed by atoms with E-state index in [1.807, 2.05) is 0 Å². The minimum absolute atomic E-state index is 0.00404. The number of benzene rings is 2. The SMILES string of the molecule is CCOC(=O)CN/C=C(\N)c1cc(O)c(C(=O)/C(N)=C(/C(Cl)=C/Cl)n2c(C(=O)c3cc(Cl)c(/C(N)=C/NCC(=O)OCC)cc3O)cc(Cl)c2Cl)cc1Cl. The summed E-state index contributed by atoms with van der Waals surface area (Å²) in [6.45, 7) is 3.27. The Kier molecular flexibility index (Phi) is 15.8. The van der Waals surface area contributed by atoms with Gasteiger partial charge < -0.3 is 47.5 Å². The van der Waals surface area contributed by atoms with Gasteiger partial charge in [0, 0.05) is 29.1 Å². The maximum Gasteiger partial charge on any atom is 0.325 e. The Hall–Kier alpha value is -4.70. The summed E-state index contributed by atoms with van der Waals surface area (Å²) in [6.07, 6.45) is 2.51. The van der Waals surface area contributed by atoms with Crippen molar-refractivity contribution < 1.29 is 38.9 Å². The second kappa shape index (κ2) is 19.6. The number of Topliss-reactive ketones (excluding diaryl/α,β-unsaturated/α-hetero) is 1. The number of phenolic OH excluding ortho intramolecular Hbond substituents is 2. The average molecular weight is 865 g/mol. The second-order valence-corrected chi connectivity index (χ2v) is 12.9. The summed E-state index contributed by atoms with van der Waals surface area (Å²) in [4.78, 5) is 51.0. The molecule has 1 heterocycles. The van der Waals surface area contributed by atoms with Gasteiger partial charge in [0.25, 0.3) is 0 Å². The van der Waals surface area contributed by atoms with Crippen molar-refractivity contribution in [2.24, 2.45) is 17.2 Å². The third kappa shape index (κ3) is 10.3. The molecule has 0 atom stereocenters. The van der Waals surface area contributed by atoms with Gasteiger partial charge in [0.15, 0.2) is 0 Å². The molecule has 3 rings (SSSR count). The summed E-state index contributed by atoms with van der Waals surface area (Å²) in [7, 11) is 0. The van der Waals surface area contributed by atoms with Gasteiger partial charge in [0.1, 0.15) is 35.4 Å². The number of phenols is 2. The van der Waals surface area contributed by atoms with Crippen LogP contribution in [0.2, 0.25) is 20.2 Å². The molecule has 0 saturated carbocycles. The Morgan fingerprint density at radius 3 is 1.67 bits per heavy atom. The second-order valence-electron chi connectivity index (χ2n) is 10.7. The highest BCUT2D eigenvalue weighted by molar-refractivity contribution is 6.45. The quantitative estimate of drug-likeness (QED) is 0.0386. The number of nitrogens with zero attached hydrogens (tertiary/aromatic N) is 1. The number of carbonyl (C=O) groups excluding carboxylic acids is 4. The first-order valence-electron chi connectivity index (χ1n) is 15.4. The number of halogens is 6. The van der Waals surface area contributed by atoms with Crippen LogP contribution in [0.5, 0.6) is 11.5 Å². The lowest BCUT2D eigenvalue weighted by atomic mass is 10.0. The summed E-state index contributed by atoms with van der Waals surface area (Å²) in [5.41, 5.74) is 17.2. The van der Waals surface area contributed by atoms with Crippen LogP contribution in [0, 0.1) is 0 Å². The average Bonchev–Trinajstić information content (AvgIpc) is 3.41. The molecule has 0 amide bonds. The normalized spacial score (nSPS) is 12.6. The zero-order valence-electron chi connectivity index (χ0n) is 28.2. The van der Waals surface area contributed by atoms with E-state index in [0.29, 0.717) is 0 Å². The molecule has 0 radical (unpaired) electrons. The summed E-state index contributed by atoms with van der Waals surface area (Å²) in [5.74, 6) is -4.26. The number of rotatable bonds is 16. The van der Waals surface area contributed by atoms with Crippen LogP contribution in [0.25, 0.3) is 17.1 Å². The summed E-state index contributed by atoms with van der Waals surface area (Å²) in [6, 6.07) is 5.51. The molecule has 0 aliphatic carbocycles. The van der Waals surface area contributed by atoms with E-state index in [9.17, 15) is 29.4 Å². The van der Waals surface area contributed by atoms with Crippen LogP contribution < -0.4 is 27.8 Å². The number of allylic oxidation sites excluding steroid dienone is 3. The first kappa shape index (κ1) is 43.7. The van der Waals surface area contributed by atoms with E-state index in [2.05, 4.69) is 10.6 Å². The highest BCUT2D eigenvalue weighted by Gasteiger charge is 2.30. The van der Waals surface area contributed by atoms with Gasteiger partial charge in [-0.2, -0.15) is 0 Å². The first-order valence-corrected chi connectivity index (χ1v) is 17.7. The number of nitrogens with one attached hydrogen (secondary N) is 2. The monoisotopic (exact) mass is 862 g/mol. The summed E-state index contributed by atoms with van der Waals surface area (Å²) < 4.78 is 10.6. The number of aromatic hydroxyl groups is 2. The van der Waals surface area contributed by atoms with Crippen molar-refractivity contribution >= 4 is 110 Å². The summed E-state index contributed by atoms with van der Waals surface area (Å²) >= 11 is 38.1. The molecule has 0 bridgehead atoms. The highest BCUT2D eigenvalue weighted by Crippen LogP contribution is 2.39. The highest BCUT2D eigenvalue weighted by atomic mass is 35.5. The zero-order valence-corrected chi connectivity index (χ0v) is 32.8. The molecule has 0 fully saturated rings. The molecule has 3 aromatic rings. The van der Waals surface area contributed by atoms with E-state index in [1.54, 1.807) is 13.8 Å². The molecule has 54 heavy (non-hydrogen) atoms. The standard InChI is InChI=1S/C34H32Cl6N6O8/c1-3-53-28(49)13-44-11-23(41)15-7-26(47)17(5-19(15)36)32(51)25-9-21(38)34(40)46(25)31(22(39)10-35)30(43)33(52)18-6-20(37)16(8-27(18)48)24(42)12-45-14-29(50)54-4-2/h5-12,44-45,47-48H,3-4,13-14,41-43H2,1-2H3/b22-10-,23-11-,24-12-,31-30+. The number of ether oxygens (including phenoxy) is 2. The minimum Gasteiger partial charge on any atom is -0.507 e. The van der Waals surface area contributed by atoms with E-state index in [0.717, 1.165) is 40.4 Å². The fraction of sp³-hybridized carbons (Fsp3) is 0.176. The van der Waals surface area contributed by atoms with E-state index >= 15 is 0 Å². The van der Waals surface area contributed by atoms with E-state index in [-0.39, 0.29) is 80.3 Å². The molecule has 0 spiro atoms. The molecule has 0 aliphatic rings. The lowest BCUT2D eigenvalue weighted by Crippen LogP contribution is -2.21. The van der Waals surface area contributed by atoms with Crippen LogP contribution in [0.4, 0.5) is 0 Å². The van der Waals surface area contributed by atoms with E-state index < -0.39 is 57.0 Å². The maximum atomic E-state index is 14.0. The zero-order chi connectivity index (χ0) is 40.4. The Bertz CT molecular complexity index is 2110. The molecule has 288 valence electrons. The van der Waals surface area contributed by atoms with Crippen molar-refractivity contribution in [1.82, 2.24) is 15.2 Å². The van der Waals surface area contributed by atoms with E-state index in [1.165, 1.54) is 12.4 Å². The topological polar surface area (TPSA) is 234 Å². The molecule has 0 unspecified atom stereocenters. The first-order chi connectivity index (χ1) is 25.5. The molecule has 0 aliphatic heterocycles. The van der Waals surface area contributed by atoms with Gasteiger partial charge in [0.05, 0.1) is 67.2 Å². The Morgan fingerprint density at radius 1 is 0.741 bits per heavy atom. The molecular weight excluding hydrogens is 833 g/mol. The lowest BCUT2D eigenvalue weighted by molar-refractivity contribution is -0.142. The predicted molar refractivity (Wildman–Crippen MR) is 209 cm³/mol. The third-order valence-electron chi connectivity index (χ3n) is 7.08. The van der Waals surface area contributed by atoms with Crippen LogP contribution in [-0.2, 0) is 19.1 Å². The Labute approximate surface area is 338 Å². The van der Waals surface area contributed by atoms with Gasteiger partial charge in [-0.05, 0) is 44.2 Å². The van der Waals surface area contributed by atoms with Crippen LogP contribution in [0.1, 0.15) is 51.4 Å². The number of aromatic nitrogens is 1. The molecule has 2 aromatic carbocycles. The van der Waals surface area contributed by atoms with E-state index in [4.69, 9.17) is 96.3 Å². The van der Waals surface area contributed by atoms with Crippen molar-refractivity contribution in [3.05, 3.63) is 107 Å². The number of carbonyl (C=O) groups is 4. The minimum atomic E-state index is -1.05. The number of nitrogens with two attached hydrogens (primary N) is 3. The fourth-order valence-corrected chi connectivity index (χ4v) is 5.89. The van der Waals surface area contributed by atoms with Gasteiger partial charge in [0.2, 0.25) is 11.6 Å². The van der Waals surface area contributed by atoms with Crippen molar-refractivity contribution in [2.75, 3.05) is 26.3 Å². The molecule has 1 aromatic heterocycles. The Balaban J connectivity index is 2.09. The third-order valence-corrected chi connectivity index (χ3v) is 9.08. The number of ketones is 2. The van der Waals surface area contributed by atoms with Crippen LogP contribution in [-0.4, -0.2) is 64.6 Å². The fourth-order valence-electron chi connectivity index (χ4n) is 4.64. The Morgan fingerprint density at radius 2 is 1.20 bits per heavy atom. The van der Waals surface area contributed by atoms with Crippen LogP contribution >= 0.6 is 69.6 Å². The largest absolute Gasteiger partial charge is 0.507 e. The predicted octanol–water partition coefficient (Wildman–Crippen LogP) is 5.89. The molecule has 0 saturated heterocycles. The molecular formula is C34H32Cl6N6O8. The number of hydrogen-bond acceptors (Lipinski definition) is 13. The van der Waals surface area contributed by atoms with Gasteiger partial charge >= 0.3 is 11.9 Å². The van der Waals surface area contributed by atoms with Gasteiger partial charge in [-0.25, -0.2) is 0 Å². The molecule has 20 heteroatoms. The van der Waals surface area contributed by atoms with Crippen molar-refractivity contribution in [1.29, 1.82) is 0 Å². The number of hydrogen-bond donors (Lipinski definition) is 7. The van der Waals surface area contributed by atoms with Gasteiger partial charge in [-0.15, -0.1) is 0 Å². The van der Waals surface area contributed by atoms with Crippen molar-refractivity contribution in [2.45, 2.75) is 13.8 Å².